The van der Waals surface area contributed by atoms with E-state index in [1.807, 2.05) is 0 Å². The van der Waals surface area contributed by atoms with Crippen LogP contribution in [0.4, 0.5) is 0 Å². The SMILES string of the molecule is CCCCCCN1[C@@H](C)[C@@H]1C(C)(C)C. The van der Waals surface area contributed by atoms with E-state index in [1.54, 1.807) is 0 Å². The van der Waals surface area contributed by atoms with Crippen molar-refractivity contribution in [1.29, 1.82) is 0 Å². The first-order chi connectivity index (χ1) is 6.48. The lowest BCUT2D eigenvalue weighted by molar-refractivity contribution is 0.323. The molecule has 0 radical (unpaired) electrons. The Morgan fingerprint density at radius 3 is 2.14 bits per heavy atom. The van der Waals surface area contributed by atoms with Crippen molar-refractivity contribution in [2.24, 2.45) is 5.41 Å². The van der Waals surface area contributed by atoms with E-state index in [1.165, 1.54) is 32.2 Å². The highest BCUT2D eigenvalue weighted by atomic mass is 15.4. The van der Waals surface area contributed by atoms with Crippen LogP contribution in [-0.2, 0) is 0 Å². The summed E-state index contributed by atoms with van der Waals surface area (Å²) in [5.74, 6) is 0. The first-order valence-corrected chi connectivity index (χ1v) is 6.24. The van der Waals surface area contributed by atoms with E-state index in [0.29, 0.717) is 5.41 Å². The van der Waals surface area contributed by atoms with E-state index in [4.69, 9.17) is 0 Å². The van der Waals surface area contributed by atoms with Gasteiger partial charge in [-0.2, -0.15) is 0 Å². The molecule has 1 unspecified atom stereocenters. The number of unbranched alkanes of at least 4 members (excludes halogenated alkanes) is 3. The first-order valence-electron chi connectivity index (χ1n) is 6.24. The molecule has 0 aliphatic carbocycles. The lowest BCUT2D eigenvalue weighted by Gasteiger charge is -2.18. The second kappa shape index (κ2) is 4.65. The van der Waals surface area contributed by atoms with Gasteiger partial charge in [-0.3, -0.25) is 4.90 Å². The van der Waals surface area contributed by atoms with Crippen molar-refractivity contribution in [1.82, 2.24) is 4.90 Å². The third kappa shape index (κ3) is 2.98. The summed E-state index contributed by atoms with van der Waals surface area (Å²) in [6.45, 7) is 13.1. The van der Waals surface area contributed by atoms with Crippen molar-refractivity contribution in [3.8, 4) is 0 Å². The molecule has 1 heterocycles. The van der Waals surface area contributed by atoms with Crippen LogP contribution < -0.4 is 0 Å². The minimum absolute atomic E-state index is 0.476. The molecule has 1 saturated heterocycles. The predicted molar refractivity (Wildman–Crippen MR) is 63.6 cm³/mol. The molecular weight excluding hydrogens is 170 g/mol. The van der Waals surface area contributed by atoms with Crippen LogP contribution in [0.25, 0.3) is 0 Å². The maximum Gasteiger partial charge on any atom is 0.0300 e. The summed E-state index contributed by atoms with van der Waals surface area (Å²) < 4.78 is 0. The summed E-state index contributed by atoms with van der Waals surface area (Å²) in [6.07, 6.45) is 5.56. The Morgan fingerprint density at radius 2 is 1.71 bits per heavy atom. The topological polar surface area (TPSA) is 3.01 Å². The van der Waals surface area contributed by atoms with Crippen LogP contribution in [0.1, 0.15) is 60.3 Å². The minimum Gasteiger partial charge on any atom is -0.294 e. The van der Waals surface area contributed by atoms with Crippen molar-refractivity contribution in [2.45, 2.75) is 72.4 Å². The number of hydrogen-bond donors (Lipinski definition) is 0. The fraction of sp³-hybridized carbons (Fsp3) is 1.00. The molecule has 1 aliphatic rings. The van der Waals surface area contributed by atoms with Crippen molar-refractivity contribution < 1.29 is 0 Å². The van der Waals surface area contributed by atoms with Crippen LogP contribution in [0.15, 0.2) is 0 Å². The second-order valence-electron chi connectivity index (χ2n) is 5.85. The molecule has 1 heteroatoms. The fourth-order valence-electron chi connectivity index (χ4n) is 2.69. The maximum absolute atomic E-state index is 2.66. The van der Waals surface area contributed by atoms with E-state index in [2.05, 4.69) is 39.5 Å². The first kappa shape index (κ1) is 12.0. The Bertz CT molecular complexity index is 169. The molecule has 0 aromatic rings. The Balaban J connectivity index is 2.16. The van der Waals surface area contributed by atoms with Crippen LogP contribution in [-0.4, -0.2) is 23.5 Å². The summed E-state index contributed by atoms with van der Waals surface area (Å²) in [5, 5.41) is 0. The molecule has 1 fully saturated rings. The van der Waals surface area contributed by atoms with Crippen molar-refractivity contribution >= 4 is 0 Å². The zero-order valence-corrected chi connectivity index (χ0v) is 10.6. The quantitative estimate of drug-likeness (QED) is 0.480. The third-order valence-electron chi connectivity index (χ3n) is 3.40. The smallest absolute Gasteiger partial charge is 0.0300 e. The van der Waals surface area contributed by atoms with Crippen molar-refractivity contribution in [3.63, 3.8) is 0 Å². The molecule has 0 N–H and O–H groups in total. The Morgan fingerprint density at radius 1 is 1.07 bits per heavy atom. The highest BCUT2D eigenvalue weighted by Crippen LogP contribution is 2.41. The normalized spacial score (nSPS) is 31.9. The highest BCUT2D eigenvalue weighted by molar-refractivity contribution is 5.05. The molecule has 14 heavy (non-hydrogen) atoms. The summed E-state index contributed by atoms with van der Waals surface area (Å²) in [6, 6.07) is 1.67. The van der Waals surface area contributed by atoms with Crippen molar-refractivity contribution in [3.05, 3.63) is 0 Å². The highest BCUT2D eigenvalue weighted by Gasteiger charge is 2.49. The molecule has 0 aromatic heterocycles. The van der Waals surface area contributed by atoms with Gasteiger partial charge in [-0.1, -0.05) is 47.0 Å². The molecule has 0 amide bonds. The Kier molecular flexibility index (Phi) is 4.00. The molecule has 0 saturated carbocycles. The summed E-state index contributed by atoms with van der Waals surface area (Å²) >= 11 is 0. The van der Waals surface area contributed by atoms with E-state index in [9.17, 15) is 0 Å². The molecular formula is C13H27N. The van der Waals surface area contributed by atoms with Gasteiger partial charge in [-0.25, -0.2) is 0 Å². The Labute approximate surface area is 89.9 Å². The number of nitrogens with zero attached hydrogens (tertiary/aromatic N) is 1. The summed E-state index contributed by atoms with van der Waals surface area (Å²) in [5.41, 5.74) is 0.476. The predicted octanol–water partition coefficient (Wildman–Crippen LogP) is 3.69. The van der Waals surface area contributed by atoms with Crippen LogP contribution in [0.5, 0.6) is 0 Å². The van der Waals surface area contributed by atoms with Gasteiger partial charge in [0.05, 0.1) is 0 Å². The largest absolute Gasteiger partial charge is 0.294 e. The average Bonchev–Trinajstić information content (AvgIpc) is 2.70. The number of hydrogen-bond acceptors (Lipinski definition) is 1. The zero-order valence-electron chi connectivity index (χ0n) is 10.6. The van der Waals surface area contributed by atoms with Crippen molar-refractivity contribution in [2.75, 3.05) is 6.54 Å². The monoisotopic (exact) mass is 197 g/mol. The molecule has 1 aliphatic heterocycles. The maximum atomic E-state index is 2.66. The van der Waals surface area contributed by atoms with Gasteiger partial charge < -0.3 is 0 Å². The van der Waals surface area contributed by atoms with Gasteiger partial charge in [0, 0.05) is 12.1 Å². The van der Waals surface area contributed by atoms with Gasteiger partial charge in [0.25, 0.3) is 0 Å². The van der Waals surface area contributed by atoms with Crippen LogP contribution in [0.3, 0.4) is 0 Å². The standard InChI is InChI=1S/C13H27N/c1-6-7-8-9-10-14-11(2)12(14)13(3,4)5/h11-12H,6-10H2,1-5H3/t11-,12+,14?/m0/s1. The minimum atomic E-state index is 0.476. The zero-order chi connectivity index (χ0) is 10.8. The van der Waals surface area contributed by atoms with Gasteiger partial charge in [0.15, 0.2) is 0 Å². The van der Waals surface area contributed by atoms with E-state index in [-0.39, 0.29) is 0 Å². The van der Waals surface area contributed by atoms with Gasteiger partial charge in [-0.15, -0.1) is 0 Å². The second-order valence-corrected chi connectivity index (χ2v) is 5.85. The molecule has 3 atom stereocenters. The fourth-order valence-corrected chi connectivity index (χ4v) is 2.69. The van der Waals surface area contributed by atoms with E-state index >= 15 is 0 Å². The third-order valence-corrected chi connectivity index (χ3v) is 3.40. The molecule has 84 valence electrons. The van der Waals surface area contributed by atoms with Crippen LogP contribution in [0.2, 0.25) is 0 Å². The molecule has 1 nitrogen and oxygen atoms in total. The van der Waals surface area contributed by atoms with Gasteiger partial charge in [0.1, 0.15) is 0 Å². The Hall–Kier alpha value is -0.0400. The number of rotatable bonds is 5. The summed E-state index contributed by atoms with van der Waals surface area (Å²) in [4.78, 5) is 2.66. The lowest BCUT2D eigenvalue weighted by Crippen LogP contribution is -2.19. The van der Waals surface area contributed by atoms with Crippen LogP contribution >= 0.6 is 0 Å². The molecule has 0 aromatic carbocycles. The average molecular weight is 197 g/mol. The molecule has 0 spiro atoms. The molecule has 0 bridgehead atoms. The summed E-state index contributed by atoms with van der Waals surface area (Å²) in [7, 11) is 0. The van der Waals surface area contributed by atoms with E-state index < -0.39 is 0 Å². The van der Waals surface area contributed by atoms with Gasteiger partial charge in [0.2, 0.25) is 0 Å². The molecule has 1 rings (SSSR count). The van der Waals surface area contributed by atoms with E-state index in [0.717, 1.165) is 12.1 Å². The lowest BCUT2D eigenvalue weighted by atomic mass is 9.90. The van der Waals surface area contributed by atoms with Gasteiger partial charge in [-0.05, 0) is 25.3 Å². The van der Waals surface area contributed by atoms with Gasteiger partial charge >= 0.3 is 0 Å². The van der Waals surface area contributed by atoms with Crippen LogP contribution in [0, 0.1) is 5.41 Å².